The molecule has 2 fully saturated rings. The van der Waals surface area contributed by atoms with Gasteiger partial charge in [0.25, 0.3) is 0 Å². The molecule has 22 heavy (non-hydrogen) atoms. The third-order valence-corrected chi connectivity index (χ3v) is 3.36. The third-order valence-electron chi connectivity index (χ3n) is 3.36. The molecule has 2 saturated heterocycles. The SMILES string of the molecule is C/C=C\C=C1\OCCC(N2CCC(=O)NC2=O)C1=NC.CC. The molecule has 0 spiro atoms. The number of carbonyl (C=O) groups is 2. The maximum Gasteiger partial charge on any atom is 0.324 e. The topological polar surface area (TPSA) is 71.0 Å². The highest BCUT2D eigenvalue weighted by atomic mass is 16.5. The van der Waals surface area contributed by atoms with Crippen LogP contribution in [0.3, 0.4) is 0 Å². The first-order chi connectivity index (χ1) is 10.7. The largest absolute Gasteiger partial charge is 0.492 e. The van der Waals surface area contributed by atoms with Crippen molar-refractivity contribution < 1.29 is 14.3 Å². The molecular formula is C16H25N3O3. The second kappa shape index (κ2) is 9.02. The zero-order chi connectivity index (χ0) is 16.5. The van der Waals surface area contributed by atoms with Crippen LogP contribution in [0.5, 0.6) is 0 Å². The van der Waals surface area contributed by atoms with Crippen molar-refractivity contribution in [3.05, 3.63) is 24.0 Å². The van der Waals surface area contributed by atoms with E-state index in [-0.39, 0.29) is 18.0 Å². The Balaban J connectivity index is 0.00000116. The van der Waals surface area contributed by atoms with E-state index in [1.807, 2.05) is 39.0 Å². The molecule has 2 heterocycles. The van der Waals surface area contributed by atoms with Crippen molar-refractivity contribution in [2.75, 3.05) is 20.2 Å². The van der Waals surface area contributed by atoms with E-state index in [1.54, 1.807) is 11.9 Å². The summed E-state index contributed by atoms with van der Waals surface area (Å²) in [7, 11) is 1.69. The Kier molecular flexibility index (Phi) is 7.36. The molecule has 0 bridgehead atoms. The summed E-state index contributed by atoms with van der Waals surface area (Å²) in [5.74, 6) is 0.463. The lowest BCUT2D eigenvalue weighted by Gasteiger charge is -2.37. The second-order valence-electron chi connectivity index (χ2n) is 4.62. The molecule has 122 valence electrons. The summed E-state index contributed by atoms with van der Waals surface area (Å²) in [6.07, 6.45) is 6.64. The molecule has 0 radical (unpaired) electrons. The smallest absolute Gasteiger partial charge is 0.324 e. The lowest BCUT2D eigenvalue weighted by Crippen LogP contribution is -2.57. The van der Waals surface area contributed by atoms with Gasteiger partial charge >= 0.3 is 6.03 Å². The molecule has 6 heteroatoms. The van der Waals surface area contributed by atoms with Gasteiger partial charge in [-0.2, -0.15) is 0 Å². The van der Waals surface area contributed by atoms with Gasteiger partial charge in [0, 0.05) is 26.4 Å². The molecule has 0 aliphatic carbocycles. The first-order valence-corrected chi connectivity index (χ1v) is 7.70. The summed E-state index contributed by atoms with van der Waals surface area (Å²) in [5, 5.41) is 2.35. The van der Waals surface area contributed by atoms with Crippen LogP contribution in [0.25, 0.3) is 0 Å². The number of imide groups is 1. The van der Waals surface area contributed by atoms with Crippen molar-refractivity contribution >= 4 is 17.6 Å². The van der Waals surface area contributed by atoms with E-state index in [1.165, 1.54) is 0 Å². The fourth-order valence-corrected chi connectivity index (χ4v) is 2.41. The number of hydrogen-bond donors (Lipinski definition) is 1. The maximum absolute atomic E-state index is 12.0. The lowest BCUT2D eigenvalue weighted by molar-refractivity contribution is -0.121. The number of amides is 3. The van der Waals surface area contributed by atoms with Crippen molar-refractivity contribution in [2.45, 2.75) is 39.7 Å². The van der Waals surface area contributed by atoms with Gasteiger partial charge in [0.2, 0.25) is 5.91 Å². The number of ether oxygens (including phenoxy) is 1. The van der Waals surface area contributed by atoms with E-state index in [4.69, 9.17) is 4.74 Å². The number of urea groups is 1. The first kappa shape index (κ1) is 17.9. The molecule has 2 aliphatic rings. The molecule has 2 rings (SSSR count). The average Bonchev–Trinajstić information content (AvgIpc) is 2.54. The molecule has 3 amide bonds. The fraction of sp³-hybridized carbons (Fsp3) is 0.562. The van der Waals surface area contributed by atoms with Crippen LogP contribution in [0.2, 0.25) is 0 Å². The van der Waals surface area contributed by atoms with Crippen LogP contribution in [0, 0.1) is 0 Å². The first-order valence-electron chi connectivity index (χ1n) is 7.70. The third kappa shape index (κ3) is 4.19. The predicted octanol–water partition coefficient (Wildman–Crippen LogP) is 2.27. The number of aliphatic imine (C=N–C) groups is 1. The van der Waals surface area contributed by atoms with Crippen molar-refractivity contribution in [1.29, 1.82) is 0 Å². The summed E-state index contributed by atoms with van der Waals surface area (Å²) in [6.45, 7) is 6.87. The van der Waals surface area contributed by atoms with Crippen molar-refractivity contribution in [2.24, 2.45) is 4.99 Å². The van der Waals surface area contributed by atoms with Crippen LogP contribution in [-0.2, 0) is 9.53 Å². The number of nitrogens with one attached hydrogen (secondary N) is 1. The number of rotatable bonds is 2. The fourth-order valence-electron chi connectivity index (χ4n) is 2.41. The summed E-state index contributed by atoms with van der Waals surface area (Å²) in [5.41, 5.74) is 0.749. The second-order valence-corrected chi connectivity index (χ2v) is 4.62. The minimum absolute atomic E-state index is 0.140. The zero-order valence-corrected chi connectivity index (χ0v) is 13.8. The Morgan fingerprint density at radius 2 is 2.09 bits per heavy atom. The Hall–Kier alpha value is -2.11. The molecule has 1 unspecified atom stereocenters. The quantitative estimate of drug-likeness (QED) is 0.850. The Labute approximate surface area is 131 Å². The standard InChI is InChI=1S/C14H19N3O3.C2H6/c1-3-4-5-11-13(15-2)10(7-9-20-11)17-8-6-12(18)16-14(17)19;1-2/h3-5,10H,6-9H2,1-2H3,(H,16,18,19);1-2H3/b4-3-,11-5+,15-13?;. The number of hydrogen-bond acceptors (Lipinski definition) is 4. The number of carbonyl (C=O) groups excluding carboxylic acids is 2. The molecule has 0 aromatic carbocycles. The monoisotopic (exact) mass is 307 g/mol. The Morgan fingerprint density at radius 3 is 2.68 bits per heavy atom. The number of nitrogens with zero attached hydrogens (tertiary/aromatic N) is 2. The highest BCUT2D eigenvalue weighted by Gasteiger charge is 2.35. The van der Waals surface area contributed by atoms with Gasteiger partial charge in [0.1, 0.15) is 5.76 Å². The Bertz CT molecular complexity index is 495. The normalized spacial score (nSPS) is 25.8. The molecule has 0 aromatic rings. The van der Waals surface area contributed by atoms with Gasteiger partial charge in [-0.15, -0.1) is 0 Å². The van der Waals surface area contributed by atoms with E-state index < -0.39 is 0 Å². The molecule has 2 aliphatic heterocycles. The Morgan fingerprint density at radius 1 is 1.36 bits per heavy atom. The van der Waals surface area contributed by atoms with E-state index in [0.29, 0.717) is 31.8 Å². The van der Waals surface area contributed by atoms with E-state index in [0.717, 1.165) is 5.71 Å². The van der Waals surface area contributed by atoms with Crippen LogP contribution in [-0.4, -0.2) is 48.8 Å². The molecule has 0 saturated carbocycles. The van der Waals surface area contributed by atoms with Crippen LogP contribution in [0.4, 0.5) is 4.79 Å². The highest BCUT2D eigenvalue weighted by Crippen LogP contribution is 2.22. The average molecular weight is 307 g/mol. The lowest BCUT2D eigenvalue weighted by atomic mass is 10.0. The van der Waals surface area contributed by atoms with Crippen LogP contribution in [0.1, 0.15) is 33.6 Å². The van der Waals surface area contributed by atoms with Crippen LogP contribution < -0.4 is 5.32 Å². The minimum atomic E-state index is -0.348. The van der Waals surface area contributed by atoms with E-state index >= 15 is 0 Å². The minimum Gasteiger partial charge on any atom is -0.492 e. The molecular weight excluding hydrogens is 282 g/mol. The predicted molar refractivity (Wildman–Crippen MR) is 86.8 cm³/mol. The summed E-state index contributed by atoms with van der Waals surface area (Å²) < 4.78 is 5.61. The van der Waals surface area contributed by atoms with Gasteiger partial charge in [-0.3, -0.25) is 15.1 Å². The number of allylic oxidation sites excluding steroid dienone is 3. The molecule has 0 aromatic heterocycles. The van der Waals surface area contributed by atoms with Crippen molar-refractivity contribution in [1.82, 2.24) is 10.2 Å². The summed E-state index contributed by atoms with van der Waals surface area (Å²) in [6, 6.07) is -0.488. The van der Waals surface area contributed by atoms with Crippen LogP contribution in [0.15, 0.2) is 29.0 Å². The summed E-state index contributed by atoms with van der Waals surface area (Å²) in [4.78, 5) is 29.1. The van der Waals surface area contributed by atoms with Crippen molar-refractivity contribution in [3.63, 3.8) is 0 Å². The van der Waals surface area contributed by atoms with Gasteiger partial charge < -0.3 is 9.64 Å². The molecule has 6 nitrogen and oxygen atoms in total. The van der Waals surface area contributed by atoms with Gasteiger partial charge in [-0.05, 0) is 13.0 Å². The van der Waals surface area contributed by atoms with Gasteiger partial charge in [-0.25, -0.2) is 4.79 Å². The molecule has 1 N–H and O–H groups in total. The van der Waals surface area contributed by atoms with Gasteiger partial charge in [-0.1, -0.05) is 26.0 Å². The van der Waals surface area contributed by atoms with Crippen molar-refractivity contribution in [3.8, 4) is 0 Å². The summed E-state index contributed by atoms with van der Waals surface area (Å²) >= 11 is 0. The highest BCUT2D eigenvalue weighted by molar-refractivity contribution is 6.06. The van der Waals surface area contributed by atoms with E-state index in [2.05, 4.69) is 10.3 Å². The van der Waals surface area contributed by atoms with E-state index in [9.17, 15) is 9.59 Å². The van der Waals surface area contributed by atoms with Crippen LogP contribution >= 0.6 is 0 Å². The maximum atomic E-state index is 12.0. The zero-order valence-electron chi connectivity index (χ0n) is 13.8. The van der Waals surface area contributed by atoms with Gasteiger partial charge in [0.15, 0.2) is 0 Å². The van der Waals surface area contributed by atoms with Gasteiger partial charge in [0.05, 0.1) is 18.4 Å². The molecule has 1 atom stereocenters.